The minimum atomic E-state index is -0.431. The number of methoxy groups -OCH3 is 2. The van der Waals surface area contributed by atoms with Crippen molar-refractivity contribution < 1.29 is 14.2 Å². The van der Waals surface area contributed by atoms with Gasteiger partial charge in [0.1, 0.15) is 5.75 Å². The van der Waals surface area contributed by atoms with Crippen LogP contribution >= 0.6 is 0 Å². The summed E-state index contributed by atoms with van der Waals surface area (Å²) in [6.45, 7) is 0. The van der Waals surface area contributed by atoms with Gasteiger partial charge in [-0.05, 0) is 12.1 Å². The number of hydrogen-bond donors (Lipinski definition) is 2. The first-order valence-electron chi connectivity index (χ1n) is 5.38. The molecule has 0 saturated heterocycles. The molecule has 0 aliphatic rings. The Bertz CT molecular complexity index is 639. The van der Waals surface area contributed by atoms with Crippen LogP contribution in [0.5, 0.6) is 23.1 Å². The molecule has 0 aliphatic carbocycles. The molecule has 2 rings (SSSR count). The van der Waals surface area contributed by atoms with Crippen molar-refractivity contribution >= 4 is 5.69 Å². The third kappa shape index (κ3) is 2.59. The quantitative estimate of drug-likeness (QED) is 0.803. The van der Waals surface area contributed by atoms with Crippen molar-refractivity contribution in [3.05, 3.63) is 34.9 Å². The predicted octanol–water partition coefficient (Wildman–Crippen LogP) is 1.16. The maximum atomic E-state index is 11.5. The highest BCUT2D eigenvalue weighted by Crippen LogP contribution is 2.32. The average Bonchev–Trinajstić information content (AvgIpc) is 2.41. The molecule has 0 aliphatic heterocycles. The fourth-order valence-corrected chi connectivity index (χ4v) is 1.47. The number of aromatic nitrogens is 2. The lowest BCUT2D eigenvalue weighted by Gasteiger charge is -2.10. The summed E-state index contributed by atoms with van der Waals surface area (Å²) in [6, 6.07) is 4.91. The number of hydrogen-bond acceptors (Lipinski definition) is 6. The molecule has 0 unspecified atom stereocenters. The van der Waals surface area contributed by atoms with Gasteiger partial charge in [0.25, 0.3) is 11.4 Å². The number of aromatic amines is 1. The van der Waals surface area contributed by atoms with Crippen LogP contribution in [0, 0.1) is 0 Å². The van der Waals surface area contributed by atoms with E-state index in [0.29, 0.717) is 17.2 Å². The second-order valence-corrected chi connectivity index (χ2v) is 3.58. The third-order valence-corrected chi connectivity index (χ3v) is 2.41. The standard InChI is InChI=1S/C12H13N3O4/c1-17-7-3-4-9(8(13)5-7)19-12-10(18-2)11(16)14-6-15-12/h3-6H,13H2,1-2H3,(H,14,15,16). The van der Waals surface area contributed by atoms with Crippen LogP contribution in [0.3, 0.4) is 0 Å². The first kappa shape index (κ1) is 12.7. The van der Waals surface area contributed by atoms with E-state index in [1.165, 1.54) is 20.5 Å². The molecule has 0 radical (unpaired) electrons. The Morgan fingerprint density at radius 3 is 2.68 bits per heavy atom. The van der Waals surface area contributed by atoms with Crippen LogP contribution < -0.4 is 25.5 Å². The van der Waals surface area contributed by atoms with Gasteiger partial charge in [0.05, 0.1) is 26.2 Å². The Morgan fingerprint density at radius 2 is 2.05 bits per heavy atom. The summed E-state index contributed by atoms with van der Waals surface area (Å²) in [5.74, 6) is 0.994. The SMILES string of the molecule is COc1ccc(Oc2nc[nH]c(=O)c2OC)c(N)c1. The normalized spacial score (nSPS) is 10.0. The van der Waals surface area contributed by atoms with Crippen molar-refractivity contribution in [1.82, 2.24) is 9.97 Å². The number of rotatable bonds is 4. The average molecular weight is 263 g/mol. The zero-order valence-corrected chi connectivity index (χ0v) is 10.5. The molecular formula is C12H13N3O4. The fraction of sp³-hybridized carbons (Fsp3) is 0.167. The molecule has 0 fully saturated rings. The van der Waals surface area contributed by atoms with Gasteiger partial charge in [-0.3, -0.25) is 4.79 Å². The van der Waals surface area contributed by atoms with Crippen molar-refractivity contribution in [2.75, 3.05) is 20.0 Å². The van der Waals surface area contributed by atoms with Crippen molar-refractivity contribution in [3.8, 4) is 23.1 Å². The summed E-state index contributed by atoms with van der Waals surface area (Å²) in [5, 5.41) is 0. The number of nitrogens with zero attached hydrogens (tertiary/aromatic N) is 1. The van der Waals surface area contributed by atoms with E-state index in [4.69, 9.17) is 19.9 Å². The first-order valence-corrected chi connectivity index (χ1v) is 5.38. The lowest BCUT2D eigenvalue weighted by molar-refractivity contribution is 0.363. The van der Waals surface area contributed by atoms with Gasteiger partial charge in [-0.2, -0.15) is 0 Å². The van der Waals surface area contributed by atoms with Gasteiger partial charge >= 0.3 is 0 Å². The highest BCUT2D eigenvalue weighted by Gasteiger charge is 2.13. The van der Waals surface area contributed by atoms with Crippen LogP contribution in [0.2, 0.25) is 0 Å². The fourth-order valence-electron chi connectivity index (χ4n) is 1.47. The molecule has 7 nitrogen and oxygen atoms in total. The second-order valence-electron chi connectivity index (χ2n) is 3.58. The van der Waals surface area contributed by atoms with E-state index >= 15 is 0 Å². The topological polar surface area (TPSA) is 99.5 Å². The number of benzene rings is 1. The summed E-state index contributed by atoms with van der Waals surface area (Å²) in [6.07, 6.45) is 1.22. The number of anilines is 1. The third-order valence-electron chi connectivity index (χ3n) is 2.41. The summed E-state index contributed by atoms with van der Waals surface area (Å²) in [4.78, 5) is 17.8. The Labute approximate surface area is 108 Å². The van der Waals surface area contributed by atoms with Crippen LogP contribution in [0.15, 0.2) is 29.3 Å². The smallest absolute Gasteiger partial charge is 0.297 e. The maximum Gasteiger partial charge on any atom is 0.297 e. The highest BCUT2D eigenvalue weighted by atomic mass is 16.5. The van der Waals surface area contributed by atoms with Crippen molar-refractivity contribution in [3.63, 3.8) is 0 Å². The molecule has 0 spiro atoms. The highest BCUT2D eigenvalue weighted by molar-refractivity contribution is 5.57. The second kappa shape index (κ2) is 5.30. The number of H-pyrrole nitrogens is 1. The van der Waals surface area contributed by atoms with Gasteiger partial charge in [0.2, 0.25) is 5.75 Å². The number of nitrogens with one attached hydrogen (secondary N) is 1. The van der Waals surface area contributed by atoms with E-state index in [0.717, 1.165) is 0 Å². The van der Waals surface area contributed by atoms with Gasteiger partial charge in [-0.1, -0.05) is 0 Å². The molecule has 0 atom stereocenters. The van der Waals surface area contributed by atoms with E-state index in [1.807, 2.05) is 0 Å². The van der Waals surface area contributed by atoms with E-state index in [2.05, 4.69) is 9.97 Å². The molecule has 0 saturated carbocycles. The van der Waals surface area contributed by atoms with Crippen molar-refractivity contribution in [2.24, 2.45) is 0 Å². The van der Waals surface area contributed by atoms with Gasteiger partial charge < -0.3 is 24.9 Å². The molecule has 1 aromatic heterocycles. The lowest BCUT2D eigenvalue weighted by atomic mass is 10.3. The summed E-state index contributed by atoms with van der Waals surface area (Å²) in [5.41, 5.74) is 5.75. The van der Waals surface area contributed by atoms with Gasteiger partial charge in [-0.15, -0.1) is 0 Å². The minimum absolute atomic E-state index is 0.0160. The van der Waals surface area contributed by atoms with E-state index in [1.54, 1.807) is 18.2 Å². The van der Waals surface area contributed by atoms with Crippen LogP contribution in [0.4, 0.5) is 5.69 Å². The zero-order chi connectivity index (χ0) is 13.8. The van der Waals surface area contributed by atoms with Gasteiger partial charge in [-0.25, -0.2) is 4.98 Å². The van der Waals surface area contributed by atoms with Crippen LogP contribution in [0.1, 0.15) is 0 Å². The van der Waals surface area contributed by atoms with Gasteiger partial charge in [0, 0.05) is 6.07 Å². The Balaban J connectivity index is 2.36. The summed E-state index contributed by atoms with van der Waals surface area (Å²) >= 11 is 0. The molecule has 2 aromatic rings. The zero-order valence-electron chi connectivity index (χ0n) is 10.5. The van der Waals surface area contributed by atoms with Crippen LogP contribution in [-0.2, 0) is 0 Å². The van der Waals surface area contributed by atoms with Crippen molar-refractivity contribution in [1.29, 1.82) is 0 Å². The van der Waals surface area contributed by atoms with Gasteiger partial charge in [0.15, 0.2) is 5.75 Å². The van der Waals surface area contributed by atoms with E-state index in [-0.39, 0.29) is 11.6 Å². The maximum absolute atomic E-state index is 11.5. The molecule has 1 aromatic carbocycles. The summed E-state index contributed by atoms with van der Waals surface area (Å²) < 4.78 is 15.4. The number of nitrogen functional groups attached to an aromatic ring is 1. The minimum Gasteiger partial charge on any atom is -0.497 e. The van der Waals surface area contributed by atoms with Crippen LogP contribution in [0.25, 0.3) is 0 Å². The monoisotopic (exact) mass is 263 g/mol. The predicted molar refractivity (Wildman–Crippen MR) is 68.9 cm³/mol. The molecule has 7 heteroatoms. The molecule has 1 heterocycles. The molecule has 100 valence electrons. The molecule has 3 N–H and O–H groups in total. The molecule has 19 heavy (non-hydrogen) atoms. The molecule has 0 bridgehead atoms. The van der Waals surface area contributed by atoms with Crippen LogP contribution in [-0.4, -0.2) is 24.2 Å². The lowest BCUT2D eigenvalue weighted by Crippen LogP contribution is -2.11. The van der Waals surface area contributed by atoms with E-state index < -0.39 is 5.56 Å². The summed E-state index contributed by atoms with van der Waals surface area (Å²) in [7, 11) is 2.90. The Morgan fingerprint density at radius 1 is 1.26 bits per heavy atom. The molecule has 0 amide bonds. The van der Waals surface area contributed by atoms with Crippen molar-refractivity contribution in [2.45, 2.75) is 0 Å². The Kier molecular flexibility index (Phi) is 3.56. The van der Waals surface area contributed by atoms with E-state index in [9.17, 15) is 4.79 Å². The Hall–Kier alpha value is -2.70. The largest absolute Gasteiger partial charge is 0.497 e. The first-order chi connectivity index (χ1) is 9.15. The number of ether oxygens (including phenoxy) is 3. The number of nitrogens with two attached hydrogens (primary N) is 1. The molecular weight excluding hydrogens is 250 g/mol.